The molecule has 5 aliphatic carbocycles. The molecule has 4 saturated heterocycles. The number of ether oxygens (including phenoxy) is 9. The highest BCUT2D eigenvalue weighted by molar-refractivity contribution is 5.87. The Labute approximate surface area is 494 Å². The summed E-state index contributed by atoms with van der Waals surface area (Å²) < 4.78 is 53.9. The molecule has 0 bridgehead atoms. The van der Waals surface area contributed by atoms with Crippen molar-refractivity contribution >= 4 is 11.9 Å². The molecular weight excluding hydrogens is 1120 g/mol. The van der Waals surface area contributed by atoms with E-state index in [1.165, 1.54) is 6.92 Å². The number of aliphatic hydroxyl groups is 14. The Hall–Kier alpha value is -2.46. The zero-order chi connectivity index (χ0) is 62.7. The lowest BCUT2D eigenvalue weighted by atomic mass is 9.33. The lowest BCUT2D eigenvalue weighted by Gasteiger charge is -2.72. The van der Waals surface area contributed by atoms with Gasteiger partial charge in [-0.2, -0.15) is 0 Å². The third-order valence-electron chi connectivity index (χ3n) is 22.7. The van der Waals surface area contributed by atoms with Crippen LogP contribution in [0.5, 0.6) is 0 Å². The van der Waals surface area contributed by atoms with Crippen LogP contribution in [-0.4, -0.2) is 256 Å². The van der Waals surface area contributed by atoms with Gasteiger partial charge in [0.1, 0.15) is 92.1 Å². The molecule has 15 N–H and O–H groups in total. The van der Waals surface area contributed by atoms with E-state index in [4.69, 9.17) is 42.6 Å². The molecule has 31 atom stereocenters. The van der Waals surface area contributed by atoms with Gasteiger partial charge in [0.15, 0.2) is 31.3 Å². The van der Waals surface area contributed by atoms with E-state index in [1.54, 1.807) is 19.9 Å². The molecule has 4 saturated carbocycles. The van der Waals surface area contributed by atoms with Gasteiger partial charge in [-0.25, -0.2) is 9.59 Å². The van der Waals surface area contributed by atoms with Gasteiger partial charge in [0.25, 0.3) is 0 Å². The molecule has 85 heavy (non-hydrogen) atoms. The maximum atomic E-state index is 13.2. The molecular formula is C59H94O26. The maximum Gasteiger partial charge on any atom is 0.335 e. The largest absolute Gasteiger partial charge is 0.479 e. The standard InChI is InChI=1S/C59H94O26/c1-11-23(2)49(76)77-22-59-26(18-54(4,5)46(72)47(59)73)25-12-13-30-56(8)16-15-32(55(6,7)29(56)14-17-57(30,9)58(25,10)19-31(59)62)81-53-45(39(69)38(68)43(83-53)48(74)75)85-51-41(71)42(35(65)28(21-61)79-51)82-52-44(37(67)34(64)27(20-60)80-52)84-50-40(70)36(66)33(63)24(3)78-50/h11-12,24,26-47,50-53,60-73H,13-22H2,1-10H3,(H,74,75)/b23-11+/t24-,26-,27+,28+,29-,30+,31+,32-,33-,34+,35-,36+,37-,38-,39-,40+,41+,42-,43-,44+,45+,46-,47-,50-,51-,52-,53+,56-,57+,58+,59-/m0/s1. The van der Waals surface area contributed by atoms with Crippen molar-refractivity contribution in [1.29, 1.82) is 0 Å². The first-order chi connectivity index (χ1) is 39.6. The Kier molecular flexibility index (Phi) is 19.1. The number of carboxylic acid groups (broad SMARTS) is 1. The third kappa shape index (κ3) is 10.9. The highest BCUT2D eigenvalue weighted by Crippen LogP contribution is 2.76. The zero-order valence-electron chi connectivity index (χ0n) is 50.0. The van der Waals surface area contributed by atoms with E-state index in [2.05, 4.69) is 26.8 Å². The number of hydrogen-bond acceptors (Lipinski definition) is 25. The predicted molar refractivity (Wildman–Crippen MR) is 289 cm³/mol. The van der Waals surface area contributed by atoms with E-state index in [1.807, 2.05) is 27.7 Å². The highest BCUT2D eigenvalue weighted by atomic mass is 16.8. The molecule has 0 spiro atoms. The Bertz CT molecular complexity index is 2460. The van der Waals surface area contributed by atoms with Crippen LogP contribution in [0.3, 0.4) is 0 Å². The van der Waals surface area contributed by atoms with Gasteiger partial charge in [-0.1, -0.05) is 66.2 Å². The van der Waals surface area contributed by atoms with Crippen molar-refractivity contribution < 1.29 is 129 Å². The second-order valence-corrected chi connectivity index (χ2v) is 27.9. The molecule has 9 rings (SSSR count). The molecule has 0 aromatic heterocycles. The van der Waals surface area contributed by atoms with Gasteiger partial charge in [0.2, 0.25) is 0 Å². The molecule has 486 valence electrons. The monoisotopic (exact) mass is 1220 g/mol. The number of hydrogen-bond donors (Lipinski definition) is 15. The number of aliphatic carboxylic acids is 1. The average molecular weight is 1220 g/mol. The van der Waals surface area contributed by atoms with Crippen LogP contribution in [0.2, 0.25) is 0 Å². The molecule has 9 aliphatic rings. The van der Waals surface area contributed by atoms with E-state index in [0.29, 0.717) is 44.1 Å². The van der Waals surface area contributed by atoms with E-state index in [0.717, 1.165) is 5.57 Å². The molecule has 0 aromatic carbocycles. The summed E-state index contributed by atoms with van der Waals surface area (Å²) in [6.07, 6.45) is -34.3. The minimum absolute atomic E-state index is 0.0292. The van der Waals surface area contributed by atoms with E-state index in [9.17, 15) is 86.2 Å². The summed E-state index contributed by atoms with van der Waals surface area (Å²) in [5.41, 5.74) is -2.88. The molecule has 0 radical (unpaired) electrons. The van der Waals surface area contributed by atoms with Crippen LogP contribution >= 0.6 is 0 Å². The molecule has 4 aliphatic heterocycles. The van der Waals surface area contributed by atoms with E-state index < -0.39 is 205 Å². The fraction of sp³-hybridized carbons (Fsp3) is 0.898. The quantitative estimate of drug-likeness (QED) is 0.0387. The van der Waals surface area contributed by atoms with Gasteiger partial charge in [0.05, 0.1) is 49.1 Å². The average Bonchev–Trinajstić information content (AvgIpc) is 1.10. The topological polar surface area (TPSA) is 421 Å². The van der Waals surface area contributed by atoms with Crippen molar-refractivity contribution in [1.82, 2.24) is 0 Å². The van der Waals surface area contributed by atoms with Crippen molar-refractivity contribution in [2.24, 2.45) is 50.2 Å². The number of carbonyl (C=O) groups is 2. The maximum absolute atomic E-state index is 13.2. The van der Waals surface area contributed by atoms with Crippen molar-refractivity contribution in [2.75, 3.05) is 19.8 Å². The van der Waals surface area contributed by atoms with E-state index >= 15 is 0 Å². The number of allylic oxidation sites excluding steroid dienone is 3. The summed E-state index contributed by atoms with van der Waals surface area (Å²) >= 11 is 0. The number of esters is 1. The summed E-state index contributed by atoms with van der Waals surface area (Å²) in [5.74, 6) is -2.72. The van der Waals surface area contributed by atoms with Crippen LogP contribution in [0, 0.1) is 50.2 Å². The van der Waals surface area contributed by atoms with Crippen molar-refractivity contribution in [3.63, 3.8) is 0 Å². The number of carbonyl (C=O) groups excluding carboxylic acids is 1. The third-order valence-corrected chi connectivity index (χ3v) is 22.7. The Morgan fingerprint density at radius 3 is 1.81 bits per heavy atom. The predicted octanol–water partition coefficient (Wildman–Crippen LogP) is -2.01. The zero-order valence-corrected chi connectivity index (χ0v) is 50.0. The lowest BCUT2D eigenvalue weighted by Crippen LogP contribution is -2.72. The van der Waals surface area contributed by atoms with Gasteiger partial charge in [-0.3, -0.25) is 0 Å². The van der Waals surface area contributed by atoms with Crippen LogP contribution in [-0.2, 0) is 52.2 Å². The van der Waals surface area contributed by atoms with Crippen LogP contribution in [0.1, 0.15) is 114 Å². The van der Waals surface area contributed by atoms with E-state index in [-0.39, 0.29) is 30.3 Å². The van der Waals surface area contributed by atoms with Gasteiger partial charge in [-0.05, 0) is 111 Å². The number of carboxylic acids is 1. The fourth-order valence-corrected chi connectivity index (χ4v) is 17.2. The second kappa shape index (κ2) is 24.3. The molecule has 8 fully saturated rings. The summed E-state index contributed by atoms with van der Waals surface area (Å²) in [5, 5.41) is 168. The summed E-state index contributed by atoms with van der Waals surface area (Å²) in [7, 11) is 0. The molecule has 26 nitrogen and oxygen atoms in total. The van der Waals surface area contributed by atoms with Gasteiger partial charge in [0, 0.05) is 5.57 Å². The van der Waals surface area contributed by atoms with Crippen LogP contribution in [0.15, 0.2) is 23.3 Å². The van der Waals surface area contributed by atoms with Crippen LogP contribution in [0.4, 0.5) is 0 Å². The first-order valence-corrected chi connectivity index (χ1v) is 30.0. The highest BCUT2D eigenvalue weighted by Gasteiger charge is 2.73. The number of rotatable bonds is 14. The molecule has 4 heterocycles. The molecule has 0 amide bonds. The smallest absolute Gasteiger partial charge is 0.335 e. The summed E-state index contributed by atoms with van der Waals surface area (Å²) in [4.78, 5) is 25.8. The van der Waals surface area contributed by atoms with Crippen LogP contribution < -0.4 is 0 Å². The van der Waals surface area contributed by atoms with Gasteiger partial charge >= 0.3 is 11.9 Å². The number of fused-ring (bicyclic) bond motifs is 7. The molecule has 0 unspecified atom stereocenters. The second-order valence-electron chi connectivity index (χ2n) is 27.9. The Balaban J connectivity index is 0.970. The minimum Gasteiger partial charge on any atom is -0.479 e. The Morgan fingerprint density at radius 2 is 1.20 bits per heavy atom. The first-order valence-electron chi connectivity index (χ1n) is 30.0. The van der Waals surface area contributed by atoms with Crippen molar-refractivity contribution in [3.8, 4) is 0 Å². The Morgan fingerprint density at radius 1 is 0.624 bits per heavy atom. The molecule has 26 heteroatoms. The minimum atomic E-state index is -2.15. The van der Waals surface area contributed by atoms with Gasteiger partial charge < -0.3 is 119 Å². The fourth-order valence-electron chi connectivity index (χ4n) is 17.2. The summed E-state index contributed by atoms with van der Waals surface area (Å²) in [6.45, 7) is 17.2. The van der Waals surface area contributed by atoms with Gasteiger partial charge in [-0.15, -0.1) is 0 Å². The van der Waals surface area contributed by atoms with Crippen molar-refractivity contribution in [3.05, 3.63) is 23.3 Å². The number of aliphatic hydroxyl groups excluding tert-OH is 14. The molecule has 0 aromatic rings. The normalized spacial score (nSPS) is 52.4. The summed E-state index contributed by atoms with van der Waals surface area (Å²) in [6, 6.07) is 0. The first kappa shape index (κ1) is 66.9. The van der Waals surface area contributed by atoms with Crippen molar-refractivity contribution in [2.45, 2.75) is 261 Å². The van der Waals surface area contributed by atoms with Crippen LogP contribution in [0.25, 0.3) is 0 Å². The SMILES string of the molecule is C/C=C(\C)C(=O)OC[C@@]12[C@H](O)C[C@]3(C)C(=CC[C@@H]4[C@@]5(C)CC[C@H](O[C@@H]6O[C@H](C(=O)O)[C@@H](O)[C@H](O)[C@H]6O[C@@H]6O[C@H](CO)[C@H](O)[C@H](O[C@@H]7O[C@H](CO)[C@@H](O)[C@H](O)[C@H]7O[C@@H]7O[C@@H](C)[C@H](O)[C@@H](O)[C@H]7O)[C@H]6O)C(C)(C)[C@@H]5CC[C@]43C)[C@@H]1CC(C)(C)[C@@H](O)[C@@H]2O. The lowest BCUT2D eigenvalue weighted by molar-refractivity contribution is -0.399.